The van der Waals surface area contributed by atoms with Gasteiger partial charge in [-0.25, -0.2) is 4.68 Å². The van der Waals surface area contributed by atoms with Crippen LogP contribution in [0.4, 0.5) is 0 Å². The van der Waals surface area contributed by atoms with Gasteiger partial charge in [0.2, 0.25) is 0 Å². The van der Waals surface area contributed by atoms with Gasteiger partial charge in [-0.1, -0.05) is 30.3 Å². The molecule has 0 fully saturated rings. The number of hydrogen-bond donors (Lipinski definition) is 2. The highest BCUT2D eigenvalue weighted by Gasteiger charge is 2.19. The Morgan fingerprint density at radius 1 is 1.30 bits per heavy atom. The Balaban J connectivity index is 2.30. The number of benzene rings is 1. The fourth-order valence-electron chi connectivity index (χ4n) is 1.81. The maximum Gasteiger partial charge on any atom is 0.322 e. The van der Waals surface area contributed by atoms with Gasteiger partial charge in [-0.3, -0.25) is 9.59 Å². The Morgan fingerprint density at radius 2 is 2.00 bits per heavy atom. The second kappa shape index (κ2) is 5.96. The first-order valence-electron chi connectivity index (χ1n) is 6.13. The van der Waals surface area contributed by atoms with Gasteiger partial charge in [0.1, 0.15) is 6.54 Å². The summed E-state index contributed by atoms with van der Waals surface area (Å²) in [7, 11) is 0. The predicted molar refractivity (Wildman–Crippen MR) is 70.7 cm³/mol. The summed E-state index contributed by atoms with van der Waals surface area (Å²) in [6.45, 7) is 1.44. The Morgan fingerprint density at radius 3 is 2.60 bits per heavy atom. The number of para-hydroxylation sites is 1. The highest BCUT2D eigenvalue weighted by molar-refractivity contribution is 5.95. The Labute approximate surface area is 115 Å². The normalized spacial score (nSPS) is 10.2. The zero-order valence-electron chi connectivity index (χ0n) is 10.9. The highest BCUT2D eigenvalue weighted by Crippen LogP contribution is 2.13. The van der Waals surface area contributed by atoms with Gasteiger partial charge >= 0.3 is 5.97 Å². The van der Waals surface area contributed by atoms with E-state index in [-0.39, 0.29) is 5.69 Å². The summed E-state index contributed by atoms with van der Waals surface area (Å²) >= 11 is 0. The van der Waals surface area contributed by atoms with Crippen LogP contribution < -0.4 is 5.32 Å². The molecule has 0 atom stereocenters. The molecule has 2 rings (SSSR count). The summed E-state index contributed by atoms with van der Waals surface area (Å²) in [5, 5.41) is 18.7. The molecule has 0 radical (unpaired) electrons. The summed E-state index contributed by atoms with van der Waals surface area (Å²) in [4.78, 5) is 22.3. The van der Waals surface area contributed by atoms with Gasteiger partial charge in [0.05, 0.1) is 11.4 Å². The number of amides is 1. The van der Waals surface area contributed by atoms with Crippen molar-refractivity contribution in [3.8, 4) is 5.69 Å². The minimum absolute atomic E-state index is 0.151. The maximum absolute atomic E-state index is 11.9. The lowest BCUT2D eigenvalue weighted by Gasteiger charge is -2.05. The van der Waals surface area contributed by atoms with Crippen LogP contribution in [0.25, 0.3) is 5.69 Å². The fraction of sp³-hybridized carbons (Fsp3) is 0.231. The van der Waals surface area contributed by atoms with E-state index in [4.69, 9.17) is 5.11 Å². The number of hydrogen-bond acceptors (Lipinski definition) is 4. The average molecular weight is 274 g/mol. The number of nitrogens with zero attached hydrogens (tertiary/aromatic N) is 3. The van der Waals surface area contributed by atoms with E-state index >= 15 is 0 Å². The molecule has 0 bridgehead atoms. The predicted octanol–water partition coefficient (Wildman–Crippen LogP) is 0.644. The molecule has 0 saturated carbocycles. The van der Waals surface area contributed by atoms with Crippen molar-refractivity contribution >= 4 is 11.9 Å². The third-order valence-corrected chi connectivity index (χ3v) is 2.71. The van der Waals surface area contributed by atoms with E-state index in [1.54, 1.807) is 4.68 Å². The van der Waals surface area contributed by atoms with Crippen molar-refractivity contribution in [2.45, 2.75) is 13.3 Å². The van der Waals surface area contributed by atoms with E-state index in [0.29, 0.717) is 12.1 Å². The van der Waals surface area contributed by atoms with E-state index in [9.17, 15) is 9.59 Å². The molecule has 7 heteroatoms. The first-order valence-corrected chi connectivity index (χ1v) is 6.13. The second-order valence-electron chi connectivity index (χ2n) is 4.06. The number of aliphatic carboxylic acids is 1. The summed E-state index contributed by atoms with van der Waals surface area (Å²) in [6, 6.07) is 9.31. The first-order chi connectivity index (χ1) is 9.63. The van der Waals surface area contributed by atoms with E-state index in [1.165, 1.54) is 0 Å². The van der Waals surface area contributed by atoms with Crippen molar-refractivity contribution in [1.82, 2.24) is 20.3 Å². The highest BCUT2D eigenvalue weighted by atomic mass is 16.4. The third-order valence-electron chi connectivity index (χ3n) is 2.71. The SMILES string of the molecule is CCc1c(C(=O)NCC(=O)O)nnn1-c1ccccc1. The van der Waals surface area contributed by atoms with Crippen molar-refractivity contribution in [2.75, 3.05) is 6.54 Å². The molecule has 0 spiro atoms. The van der Waals surface area contributed by atoms with E-state index in [0.717, 1.165) is 5.69 Å². The monoisotopic (exact) mass is 274 g/mol. The number of rotatable bonds is 5. The molecule has 1 amide bonds. The zero-order chi connectivity index (χ0) is 14.5. The van der Waals surface area contributed by atoms with Gasteiger partial charge in [0.25, 0.3) is 5.91 Å². The van der Waals surface area contributed by atoms with Crippen LogP contribution in [0, 0.1) is 0 Å². The number of carbonyl (C=O) groups excluding carboxylic acids is 1. The van der Waals surface area contributed by atoms with Crippen LogP contribution in [0.3, 0.4) is 0 Å². The number of nitrogens with one attached hydrogen (secondary N) is 1. The van der Waals surface area contributed by atoms with Crippen LogP contribution in [-0.2, 0) is 11.2 Å². The molecule has 0 aliphatic heterocycles. The van der Waals surface area contributed by atoms with Gasteiger partial charge in [-0.15, -0.1) is 5.10 Å². The molecule has 1 aromatic heterocycles. The molecule has 1 aromatic carbocycles. The van der Waals surface area contributed by atoms with E-state index in [2.05, 4.69) is 15.6 Å². The topological polar surface area (TPSA) is 97.1 Å². The lowest BCUT2D eigenvalue weighted by Crippen LogP contribution is -2.30. The lowest BCUT2D eigenvalue weighted by atomic mass is 10.2. The fourth-order valence-corrected chi connectivity index (χ4v) is 1.81. The smallest absolute Gasteiger partial charge is 0.322 e. The van der Waals surface area contributed by atoms with Crippen molar-refractivity contribution in [1.29, 1.82) is 0 Å². The van der Waals surface area contributed by atoms with Crippen LogP contribution in [-0.4, -0.2) is 38.5 Å². The molecule has 2 N–H and O–H groups in total. The summed E-state index contributed by atoms with van der Waals surface area (Å²) in [6.07, 6.45) is 0.553. The van der Waals surface area contributed by atoms with Crippen molar-refractivity contribution in [3.05, 3.63) is 41.7 Å². The molecule has 1 heterocycles. The molecule has 0 aliphatic rings. The van der Waals surface area contributed by atoms with Gasteiger partial charge < -0.3 is 10.4 Å². The van der Waals surface area contributed by atoms with Gasteiger partial charge in [0, 0.05) is 0 Å². The van der Waals surface area contributed by atoms with Crippen molar-refractivity contribution < 1.29 is 14.7 Å². The van der Waals surface area contributed by atoms with Crippen LogP contribution in [0.5, 0.6) is 0 Å². The summed E-state index contributed by atoms with van der Waals surface area (Å²) in [5.74, 6) is -1.64. The van der Waals surface area contributed by atoms with Crippen LogP contribution in [0.1, 0.15) is 23.1 Å². The third kappa shape index (κ3) is 2.82. The number of aromatic nitrogens is 3. The molecule has 20 heavy (non-hydrogen) atoms. The number of carboxylic acid groups (broad SMARTS) is 1. The zero-order valence-corrected chi connectivity index (χ0v) is 10.9. The minimum atomic E-state index is -1.10. The molecular weight excluding hydrogens is 260 g/mol. The first kappa shape index (κ1) is 13.7. The summed E-state index contributed by atoms with van der Waals surface area (Å²) in [5.41, 5.74) is 1.59. The molecule has 7 nitrogen and oxygen atoms in total. The quantitative estimate of drug-likeness (QED) is 0.834. The molecule has 2 aromatic rings. The lowest BCUT2D eigenvalue weighted by molar-refractivity contribution is -0.135. The minimum Gasteiger partial charge on any atom is -0.480 e. The van der Waals surface area contributed by atoms with Crippen LogP contribution in [0.2, 0.25) is 0 Å². The second-order valence-corrected chi connectivity index (χ2v) is 4.06. The van der Waals surface area contributed by atoms with E-state index in [1.807, 2.05) is 37.3 Å². The molecule has 0 aliphatic carbocycles. The molecular formula is C13H14N4O3. The Hall–Kier alpha value is -2.70. The van der Waals surface area contributed by atoms with E-state index < -0.39 is 18.4 Å². The Kier molecular flexibility index (Phi) is 4.09. The standard InChI is InChI=1S/C13H14N4O3/c1-2-10-12(13(20)14-8-11(18)19)15-16-17(10)9-6-4-3-5-7-9/h3-7H,2,8H2,1H3,(H,14,20)(H,18,19). The van der Waals surface area contributed by atoms with Crippen molar-refractivity contribution in [2.24, 2.45) is 0 Å². The van der Waals surface area contributed by atoms with Crippen LogP contribution in [0.15, 0.2) is 30.3 Å². The van der Waals surface area contributed by atoms with Gasteiger partial charge in [-0.2, -0.15) is 0 Å². The van der Waals surface area contributed by atoms with Crippen LogP contribution >= 0.6 is 0 Å². The van der Waals surface area contributed by atoms with Gasteiger partial charge in [-0.05, 0) is 18.6 Å². The largest absolute Gasteiger partial charge is 0.480 e. The molecule has 104 valence electrons. The molecule has 0 unspecified atom stereocenters. The molecule has 0 saturated heterocycles. The maximum atomic E-state index is 11.9. The van der Waals surface area contributed by atoms with Crippen molar-refractivity contribution in [3.63, 3.8) is 0 Å². The Bertz CT molecular complexity index is 622. The average Bonchev–Trinajstić information content (AvgIpc) is 2.89. The number of carboxylic acids is 1. The van der Waals surface area contributed by atoms with Gasteiger partial charge in [0.15, 0.2) is 5.69 Å². The summed E-state index contributed by atoms with van der Waals surface area (Å²) < 4.78 is 1.58. The number of carbonyl (C=O) groups is 2.